The second-order valence-corrected chi connectivity index (χ2v) is 4.14. The van der Waals surface area contributed by atoms with Crippen LogP contribution in [0.25, 0.3) is 0 Å². The molecular formula is C12H19N. The van der Waals surface area contributed by atoms with Crippen molar-refractivity contribution in [1.82, 2.24) is 0 Å². The topological polar surface area (TPSA) is 23.8 Å². The van der Waals surface area contributed by atoms with Gasteiger partial charge in [0, 0.05) is 0 Å². The summed E-state index contributed by atoms with van der Waals surface area (Å²) < 4.78 is 0. The zero-order chi connectivity index (χ0) is 10.5. The molecule has 0 saturated carbocycles. The van der Waals surface area contributed by atoms with E-state index in [0.29, 0.717) is 0 Å². The molecule has 0 rings (SSSR count). The van der Waals surface area contributed by atoms with Crippen LogP contribution in [0, 0.1) is 16.7 Å². The Balaban J connectivity index is 4.36. The molecule has 0 aromatic carbocycles. The molecule has 13 heavy (non-hydrogen) atoms. The number of allylic oxidation sites excluding steroid dienone is 4. The van der Waals surface area contributed by atoms with Gasteiger partial charge in [-0.15, -0.1) is 0 Å². The van der Waals surface area contributed by atoms with Gasteiger partial charge in [0.2, 0.25) is 0 Å². The molecule has 0 aliphatic rings. The first kappa shape index (κ1) is 12.0. The molecule has 0 spiro atoms. The van der Waals surface area contributed by atoms with Crippen molar-refractivity contribution in [1.29, 1.82) is 5.26 Å². The first-order valence-electron chi connectivity index (χ1n) is 4.62. The molecule has 0 aliphatic carbocycles. The van der Waals surface area contributed by atoms with E-state index in [1.165, 1.54) is 5.57 Å². The van der Waals surface area contributed by atoms with Crippen LogP contribution in [0.1, 0.15) is 41.0 Å². The number of rotatable bonds is 3. The zero-order valence-corrected chi connectivity index (χ0v) is 9.31. The molecule has 1 heteroatoms. The number of nitrogens with zero attached hydrogens (tertiary/aromatic N) is 1. The highest BCUT2D eigenvalue weighted by molar-refractivity contribution is 5.19. The van der Waals surface area contributed by atoms with E-state index in [4.69, 9.17) is 5.26 Å². The van der Waals surface area contributed by atoms with Crippen molar-refractivity contribution in [2.45, 2.75) is 41.0 Å². The average molecular weight is 177 g/mol. The van der Waals surface area contributed by atoms with Crippen molar-refractivity contribution in [3.05, 3.63) is 23.3 Å². The number of nitriles is 1. The molecule has 0 saturated heterocycles. The third-order valence-electron chi connectivity index (χ3n) is 2.22. The predicted octanol–water partition coefficient (Wildman–Crippen LogP) is 3.84. The quantitative estimate of drug-likeness (QED) is 0.601. The summed E-state index contributed by atoms with van der Waals surface area (Å²) >= 11 is 0. The van der Waals surface area contributed by atoms with E-state index < -0.39 is 0 Å². The molecule has 0 heterocycles. The van der Waals surface area contributed by atoms with Crippen LogP contribution < -0.4 is 0 Å². The third-order valence-corrected chi connectivity index (χ3v) is 2.22. The van der Waals surface area contributed by atoms with Crippen LogP contribution in [0.15, 0.2) is 23.3 Å². The third kappa shape index (κ3) is 4.52. The van der Waals surface area contributed by atoms with Gasteiger partial charge in [-0.1, -0.05) is 23.3 Å². The van der Waals surface area contributed by atoms with Crippen molar-refractivity contribution >= 4 is 0 Å². The second-order valence-electron chi connectivity index (χ2n) is 4.14. The summed E-state index contributed by atoms with van der Waals surface area (Å²) in [5.41, 5.74) is 2.14. The van der Waals surface area contributed by atoms with Crippen LogP contribution in [0.2, 0.25) is 0 Å². The molecule has 0 aromatic rings. The zero-order valence-electron chi connectivity index (χ0n) is 9.31. The molecule has 0 N–H and O–H groups in total. The van der Waals surface area contributed by atoms with E-state index in [1.54, 1.807) is 0 Å². The Kier molecular flexibility index (Phi) is 4.48. The minimum atomic E-state index is -0.324. The van der Waals surface area contributed by atoms with E-state index in [2.05, 4.69) is 32.1 Å². The van der Waals surface area contributed by atoms with Gasteiger partial charge >= 0.3 is 0 Å². The summed E-state index contributed by atoms with van der Waals surface area (Å²) in [6, 6.07) is 2.29. The van der Waals surface area contributed by atoms with Gasteiger partial charge in [0.25, 0.3) is 0 Å². The van der Waals surface area contributed by atoms with Crippen LogP contribution in [0.3, 0.4) is 0 Å². The normalized spacial score (nSPS) is 12.2. The lowest BCUT2D eigenvalue weighted by Crippen LogP contribution is -2.08. The lowest BCUT2D eigenvalue weighted by atomic mass is 9.86. The summed E-state index contributed by atoms with van der Waals surface area (Å²) in [5.74, 6) is 0. The molecule has 0 radical (unpaired) electrons. The Labute approximate surface area is 81.8 Å². The van der Waals surface area contributed by atoms with Crippen LogP contribution in [-0.2, 0) is 0 Å². The predicted molar refractivity (Wildman–Crippen MR) is 57.2 cm³/mol. The fourth-order valence-corrected chi connectivity index (χ4v) is 0.815. The van der Waals surface area contributed by atoms with E-state index >= 15 is 0 Å². The SMILES string of the molecule is CC(C)=CC/C=C(\C)C(C)(C)C#N. The first-order chi connectivity index (χ1) is 5.90. The van der Waals surface area contributed by atoms with Crippen LogP contribution in [-0.4, -0.2) is 0 Å². The van der Waals surface area contributed by atoms with Gasteiger partial charge in [-0.25, -0.2) is 0 Å². The molecule has 0 fully saturated rings. The van der Waals surface area contributed by atoms with Crippen LogP contribution in [0.5, 0.6) is 0 Å². The summed E-state index contributed by atoms with van der Waals surface area (Å²) in [5, 5.41) is 8.87. The van der Waals surface area contributed by atoms with Gasteiger partial charge in [-0.05, 0) is 41.0 Å². The van der Waals surface area contributed by atoms with Crippen molar-refractivity contribution in [3.8, 4) is 6.07 Å². The highest BCUT2D eigenvalue weighted by Crippen LogP contribution is 2.24. The molecule has 0 aliphatic heterocycles. The molecule has 0 aromatic heterocycles. The second kappa shape index (κ2) is 4.87. The van der Waals surface area contributed by atoms with Gasteiger partial charge in [-0.3, -0.25) is 0 Å². The minimum absolute atomic E-state index is 0.324. The maximum Gasteiger partial charge on any atom is 0.0728 e. The molecular weight excluding hydrogens is 158 g/mol. The monoisotopic (exact) mass is 177 g/mol. The Hall–Kier alpha value is -1.03. The maximum absolute atomic E-state index is 8.87. The largest absolute Gasteiger partial charge is 0.197 e. The molecule has 0 amide bonds. The minimum Gasteiger partial charge on any atom is -0.197 e. The van der Waals surface area contributed by atoms with E-state index in [9.17, 15) is 0 Å². The molecule has 0 atom stereocenters. The van der Waals surface area contributed by atoms with E-state index in [0.717, 1.165) is 12.0 Å². The number of hydrogen-bond acceptors (Lipinski definition) is 1. The molecule has 1 nitrogen and oxygen atoms in total. The fourth-order valence-electron chi connectivity index (χ4n) is 0.815. The van der Waals surface area contributed by atoms with Crippen LogP contribution >= 0.6 is 0 Å². The Morgan fingerprint density at radius 1 is 1.23 bits per heavy atom. The van der Waals surface area contributed by atoms with Crippen LogP contribution in [0.4, 0.5) is 0 Å². The Bertz CT molecular complexity index is 257. The van der Waals surface area contributed by atoms with Gasteiger partial charge in [0.15, 0.2) is 0 Å². The Morgan fingerprint density at radius 2 is 1.77 bits per heavy atom. The highest BCUT2D eigenvalue weighted by atomic mass is 14.3. The summed E-state index contributed by atoms with van der Waals surface area (Å²) in [6.07, 6.45) is 5.21. The summed E-state index contributed by atoms with van der Waals surface area (Å²) in [7, 11) is 0. The van der Waals surface area contributed by atoms with Gasteiger partial charge in [0.1, 0.15) is 0 Å². The standard InChI is InChI=1S/C12H19N/c1-10(2)7-6-8-11(3)12(4,5)9-13/h7-8H,6H2,1-5H3/b11-8+. The van der Waals surface area contributed by atoms with Gasteiger partial charge < -0.3 is 0 Å². The van der Waals surface area contributed by atoms with Gasteiger partial charge in [-0.2, -0.15) is 5.26 Å². The maximum atomic E-state index is 8.87. The summed E-state index contributed by atoms with van der Waals surface area (Å²) in [6.45, 7) is 10.1. The fraction of sp³-hybridized carbons (Fsp3) is 0.583. The molecule has 0 unspecified atom stereocenters. The van der Waals surface area contributed by atoms with Crippen molar-refractivity contribution in [2.24, 2.45) is 5.41 Å². The van der Waals surface area contributed by atoms with Crippen molar-refractivity contribution < 1.29 is 0 Å². The number of hydrogen-bond donors (Lipinski definition) is 0. The lowest BCUT2D eigenvalue weighted by molar-refractivity contribution is 0.594. The lowest BCUT2D eigenvalue weighted by Gasteiger charge is -2.15. The van der Waals surface area contributed by atoms with Crippen molar-refractivity contribution in [3.63, 3.8) is 0 Å². The van der Waals surface area contributed by atoms with Crippen molar-refractivity contribution in [2.75, 3.05) is 0 Å². The average Bonchev–Trinajstić information content (AvgIpc) is 2.03. The molecule has 72 valence electrons. The Morgan fingerprint density at radius 3 is 2.15 bits per heavy atom. The highest BCUT2D eigenvalue weighted by Gasteiger charge is 2.17. The van der Waals surface area contributed by atoms with E-state index in [1.807, 2.05) is 20.8 Å². The smallest absolute Gasteiger partial charge is 0.0728 e. The summed E-state index contributed by atoms with van der Waals surface area (Å²) in [4.78, 5) is 0. The molecule has 0 bridgehead atoms. The van der Waals surface area contributed by atoms with Gasteiger partial charge in [0.05, 0.1) is 11.5 Å². The van der Waals surface area contributed by atoms with E-state index in [-0.39, 0.29) is 5.41 Å². The first-order valence-corrected chi connectivity index (χ1v) is 4.62.